The van der Waals surface area contributed by atoms with E-state index < -0.39 is 0 Å². The first kappa shape index (κ1) is 20.2. The van der Waals surface area contributed by atoms with Gasteiger partial charge < -0.3 is 15.4 Å². The number of rotatable bonds is 6. The third-order valence-corrected chi connectivity index (χ3v) is 5.74. The minimum absolute atomic E-state index is 0.0629. The average Bonchev–Trinajstić information content (AvgIpc) is 2.96. The lowest BCUT2D eigenvalue weighted by molar-refractivity contribution is 0.0243. The van der Waals surface area contributed by atoms with Crippen molar-refractivity contribution in [1.29, 1.82) is 0 Å². The SMILES string of the molecule is CN=C(NCc1ccc(CN2CCCCCC2)cc1)NCC1(C)CCCO1. The number of guanidine groups is 1. The lowest BCUT2D eigenvalue weighted by atomic mass is 10.0. The molecule has 1 unspecified atom stereocenters. The minimum atomic E-state index is -0.0629. The molecule has 2 saturated heterocycles. The molecule has 27 heavy (non-hydrogen) atoms. The van der Waals surface area contributed by atoms with E-state index in [1.165, 1.54) is 49.9 Å². The van der Waals surface area contributed by atoms with Gasteiger partial charge in [0, 0.05) is 33.3 Å². The highest BCUT2D eigenvalue weighted by atomic mass is 16.5. The molecular formula is C22H36N4O. The summed E-state index contributed by atoms with van der Waals surface area (Å²) >= 11 is 0. The molecular weight excluding hydrogens is 336 g/mol. The van der Waals surface area contributed by atoms with Crippen LogP contribution in [0.1, 0.15) is 56.6 Å². The molecule has 1 aromatic carbocycles. The van der Waals surface area contributed by atoms with Gasteiger partial charge in [0.15, 0.2) is 5.96 Å². The number of hydrogen-bond acceptors (Lipinski definition) is 3. The largest absolute Gasteiger partial charge is 0.373 e. The van der Waals surface area contributed by atoms with Gasteiger partial charge >= 0.3 is 0 Å². The van der Waals surface area contributed by atoms with E-state index in [2.05, 4.69) is 51.7 Å². The highest BCUT2D eigenvalue weighted by molar-refractivity contribution is 5.79. The van der Waals surface area contributed by atoms with Gasteiger partial charge in [0.25, 0.3) is 0 Å². The molecule has 0 radical (unpaired) electrons. The number of nitrogens with one attached hydrogen (secondary N) is 2. The van der Waals surface area contributed by atoms with Crippen LogP contribution in [0.25, 0.3) is 0 Å². The van der Waals surface area contributed by atoms with Crippen molar-refractivity contribution in [2.75, 3.05) is 33.3 Å². The zero-order chi connectivity index (χ0) is 19.0. The van der Waals surface area contributed by atoms with E-state index in [9.17, 15) is 0 Å². The van der Waals surface area contributed by atoms with Gasteiger partial charge in [-0.1, -0.05) is 37.1 Å². The molecule has 5 nitrogen and oxygen atoms in total. The van der Waals surface area contributed by atoms with E-state index in [1.54, 1.807) is 0 Å². The first-order valence-corrected chi connectivity index (χ1v) is 10.6. The van der Waals surface area contributed by atoms with Gasteiger partial charge in [-0.2, -0.15) is 0 Å². The van der Waals surface area contributed by atoms with Crippen LogP contribution in [-0.2, 0) is 17.8 Å². The van der Waals surface area contributed by atoms with Crippen molar-refractivity contribution in [3.63, 3.8) is 0 Å². The van der Waals surface area contributed by atoms with E-state index in [1.807, 2.05) is 7.05 Å². The Labute approximate surface area is 164 Å². The highest BCUT2D eigenvalue weighted by Crippen LogP contribution is 2.23. The zero-order valence-corrected chi connectivity index (χ0v) is 17.1. The van der Waals surface area contributed by atoms with Crippen LogP contribution in [0.15, 0.2) is 29.3 Å². The van der Waals surface area contributed by atoms with Crippen LogP contribution in [0.4, 0.5) is 0 Å². The normalized spacial score (nSPS) is 24.6. The maximum atomic E-state index is 5.83. The van der Waals surface area contributed by atoms with Gasteiger partial charge in [-0.05, 0) is 56.8 Å². The second-order valence-corrected chi connectivity index (χ2v) is 8.19. The molecule has 3 rings (SSSR count). The summed E-state index contributed by atoms with van der Waals surface area (Å²) in [4.78, 5) is 6.93. The fourth-order valence-electron chi connectivity index (χ4n) is 3.97. The molecule has 1 aromatic rings. The average molecular weight is 373 g/mol. The van der Waals surface area contributed by atoms with Crippen molar-refractivity contribution in [3.05, 3.63) is 35.4 Å². The van der Waals surface area contributed by atoms with Crippen molar-refractivity contribution >= 4 is 5.96 Å². The smallest absolute Gasteiger partial charge is 0.191 e. The second kappa shape index (κ2) is 10.1. The number of hydrogen-bond donors (Lipinski definition) is 2. The standard InChI is InChI=1S/C22H36N4O/c1-22(12-7-15-27-22)18-25-21(23-2)24-16-19-8-10-20(11-9-19)17-26-13-5-3-4-6-14-26/h8-11H,3-7,12-18H2,1-2H3,(H2,23,24,25). The molecule has 2 aliphatic heterocycles. The van der Waals surface area contributed by atoms with Gasteiger partial charge in [-0.3, -0.25) is 9.89 Å². The van der Waals surface area contributed by atoms with Crippen molar-refractivity contribution < 1.29 is 4.74 Å². The van der Waals surface area contributed by atoms with Crippen LogP contribution in [0.3, 0.4) is 0 Å². The topological polar surface area (TPSA) is 48.9 Å². The van der Waals surface area contributed by atoms with Crippen molar-refractivity contribution in [2.45, 2.75) is 64.1 Å². The van der Waals surface area contributed by atoms with Gasteiger partial charge in [0.05, 0.1) is 5.60 Å². The van der Waals surface area contributed by atoms with Crippen LogP contribution in [-0.4, -0.2) is 49.7 Å². The quantitative estimate of drug-likeness (QED) is 0.594. The molecule has 0 bridgehead atoms. The van der Waals surface area contributed by atoms with Gasteiger partial charge in [0.2, 0.25) is 0 Å². The molecule has 5 heteroatoms. The van der Waals surface area contributed by atoms with Gasteiger partial charge in [0.1, 0.15) is 0 Å². The molecule has 2 N–H and O–H groups in total. The Balaban J connectivity index is 1.43. The van der Waals surface area contributed by atoms with Gasteiger partial charge in [-0.25, -0.2) is 0 Å². The molecule has 0 saturated carbocycles. The number of benzene rings is 1. The van der Waals surface area contributed by atoms with E-state index in [0.29, 0.717) is 0 Å². The van der Waals surface area contributed by atoms with E-state index in [0.717, 1.165) is 45.0 Å². The van der Waals surface area contributed by atoms with Crippen LogP contribution in [0, 0.1) is 0 Å². The zero-order valence-electron chi connectivity index (χ0n) is 17.1. The maximum absolute atomic E-state index is 5.83. The summed E-state index contributed by atoms with van der Waals surface area (Å²) in [5.74, 6) is 0.834. The molecule has 0 amide bonds. The third-order valence-electron chi connectivity index (χ3n) is 5.74. The van der Waals surface area contributed by atoms with Crippen molar-refractivity contribution in [2.24, 2.45) is 4.99 Å². The Bertz CT molecular complexity index is 585. The Morgan fingerprint density at radius 3 is 2.37 bits per heavy atom. The van der Waals surface area contributed by atoms with Crippen LogP contribution >= 0.6 is 0 Å². The summed E-state index contributed by atoms with van der Waals surface area (Å²) in [7, 11) is 1.82. The summed E-state index contributed by atoms with van der Waals surface area (Å²) in [6, 6.07) is 9.00. The molecule has 2 aliphatic rings. The predicted octanol–water partition coefficient (Wildman–Crippen LogP) is 3.30. The van der Waals surface area contributed by atoms with Crippen molar-refractivity contribution in [3.8, 4) is 0 Å². The number of nitrogens with zero attached hydrogens (tertiary/aromatic N) is 2. The predicted molar refractivity (Wildman–Crippen MR) is 112 cm³/mol. The molecule has 1 atom stereocenters. The number of aliphatic imine (C=N–C) groups is 1. The van der Waals surface area contributed by atoms with E-state index >= 15 is 0 Å². The lowest BCUT2D eigenvalue weighted by Crippen LogP contribution is -2.45. The molecule has 0 aliphatic carbocycles. The lowest BCUT2D eigenvalue weighted by Gasteiger charge is -2.24. The highest BCUT2D eigenvalue weighted by Gasteiger charge is 2.29. The number of likely N-dealkylation sites (tertiary alicyclic amines) is 1. The minimum Gasteiger partial charge on any atom is -0.373 e. The summed E-state index contributed by atoms with van der Waals surface area (Å²) < 4.78 is 5.83. The summed E-state index contributed by atoms with van der Waals surface area (Å²) in [6.07, 6.45) is 7.73. The third kappa shape index (κ3) is 6.51. The second-order valence-electron chi connectivity index (χ2n) is 8.19. The van der Waals surface area contributed by atoms with Crippen LogP contribution < -0.4 is 10.6 Å². The Hall–Kier alpha value is -1.59. The summed E-state index contributed by atoms with van der Waals surface area (Å²) in [5, 5.41) is 6.81. The Morgan fingerprint density at radius 2 is 1.74 bits per heavy atom. The molecule has 0 aromatic heterocycles. The summed E-state index contributed by atoms with van der Waals surface area (Å²) in [6.45, 7) is 8.18. The molecule has 150 valence electrons. The maximum Gasteiger partial charge on any atom is 0.191 e. The first-order valence-electron chi connectivity index (χ1n) is 10.6. The van der Waals surface area contributed by atoms with Crippen LogP contribution in [0.2, 0.25) is 0 Å². The fraction of sp³-hybridized carbons (Fsp3) is 0.682. The molecule has 2 fully saturated rings. The Morgan fingerprint density at radius 1 is 1.04 bits per heavy atom. The Kier molecular flexibility index (Phi) is 7.53. The van der Waals surface area contributed by atoms with Gasteiger partial charge in [-0.15, -0.1) is 0 Å². The monoisotopic (exact) mass is 372 g/mol. The van der Waals surface area contributed by atoms with E-state index in [4.69, 9.17) is 4.74 Å². The van der Waals surface area contributed by atoms with E-state index in [-0.39, 0.29) is 5.60 Å². The van der Waals surface area contributed by atoms with Crippen LogP contribution in [0.5, 0.6) is 0 Å². The first-order chi connectivity index (χ1) is 13.2. The van der Waals surface area contributed by atoms with Crippen molar-refractivity contribution in [1.82, 2.24) is 15.5 Å². The summed E-state index contributed by atoms with van der Waals surface area (Å²) in [5.41, 5.74) is 2.63. The fourth-order valence-corrected chi connectivity index (χ4v) is 3.97. The number of ether oxygens (including phenoxy) is 1. The molecule has 0 spiro atoms. The molecule has 2 heterocycles.